The van der Waals surface area contributed by atoms with Gasteiger partial charge >= 0.3 is 0 Å². The summed E-state index contributed by atoms with van der Waals surface area (Å²) in [4.78, 5) is 28.0. The summed E-state index contributed by atoms with van der Waals surface area (Å²) in [5.74, 6) is -1.21. The molecule has 1 aromatic rings. The van der Waals surface area contributed by atoms with E-state index in [4.69, 9.17) is 28.9 Å². The molecule has 2 amide bonds. The number of aromatic nitrogens is 1. The van der Waals surface area contributed by atoms with E-state index in [-0.39, 0.29) is 28.9 Å². The van der Waals surface area contributed by atoms with Crippen LogP contribution in [0.4, 0.5) is 5.69 Å². The summed E-state index contributed by atoms with van der Waals surface area (Å²) in [6, 6.07) is 0. The van der Waals surface area contributed by atoms with E-state index < -0.39 is 11.8 Å². The summed E-state index contributed by atoms with van der Waals surface area (Å²) in [7, 11) is 0. The van der Waals surface area contributed by atoms with E-state index in [2.05, 4.69) is 4.98 Å². The van der Waals surface area contributed by atoms with Gasteiger partial charge in [-0.1, -0.05) is 23.2 Å². The second-order valence-electron chi connectivity index (χ2n) is 3.76. The van der Waals surface area contributed by atoms with E-state index >= 15 is 0 Å². The average Bonchev–Trinajstić information content (AvgIpc) is 2.61. The molecule has 1 aliphatic heterocycles. The number of hydrogen-bond acceptors (Lipinski definition) is 3. The lowest BCUT2D eigenvalue weighted by atomic mass is 10.1. The first-order valence-corrected chi connectivity index (χ1v) is 5.65. The number of nitrogens with zero attached hydrogens (tertiary/aromatic N) is 2. The maximum absolute atomic E-state index is 11.8. The van der Waals surface area contributed by atoms with Gasteiger partial charge in [0.25, 0.3) is 0 Å². The molecule has 1 fully saturated rings. The first-order chi connectivity index (χ1) is 8.00. The standard InChI is InChI=1S/C10H9Cl2N3O2/c11-6-2-14-3-7(12)9(6)15-4-5(10(13)17)1-8(15)16/h2-3,5H,1,4H2,(H2,13,17). The van der Waals surface area contributed by atoms with Crippen LogP contribution in [0.25, 0.3) is 0 Å². The number of carbonyl (C=O) groups excluding carboxylic acids is 2. The summed E-state index contributed by atoms with van der Waals surface area (Å²) in [5.41, 5.74) is 5.57. The smallest absolute Gasteiger partial charge is 0.227 e. The Morgan fingerprint density at radius 3 is 2.47 bits per heavy atom. The van der Waals surface area contributed by atoms with Crippen LogP contribution in [0.3, 0.4) is 0 Å². The molecule has 2 N–H and O–H groups in total. The number of nitrogens with two attached hydrogens (primary N) is 1. The van der Waals surface area contributed by atoms with Crippen LogP contribution in [0.15, 0.2) is 12.4 Å². The van der Waals surface area contributed by atoms with E-state index in [1.807, 2.05) is 0 Å². The quantitative estimate of drug-likeness (QED) is 0.881. The van der Waals surface area contributed by atoms with Crippen molar-refractivity contribution in [2.75, 3.05) is 11.4 Å². The molecule has 0 aromatic carbocycles. The van der Waals surface area contributed by atoms with Crippen LogP contribution in [-0.2, 0) is 9.59 Å². The number of rotatable bonds is 2. The molecule has 90 valence electrons. The molecule has 5 nitrogen and oxygen atoms in total. The van der Waals surface area contributed by atoms with Crippen LogP contribution in [0.1, 0.15) is 6.42 Å². The topological polar surface area (TPSA) is 76.3 Å². The fourth-order valence-corrected chi connectivity index (χ4v) is 2.35. The Balaban J connectivity index is 2.35. The minimum absolute atomic E-state index is 0.0876. The number of amides is 2. The predicted molar refractivity (Wildman–Crippen MR) is 63.9 cm³/mol. The molecule has 2 heterocycles. The second kappa shape index (κ2) is 4.50. The average molecular weight is 274 g/mol. The maximum atomic E-state index is 11.8. The summed E-state index contributed by atoms with van der Waals surface area (Å²) >= 11 is 11.9. The number of hydrogen-bond donors (Lipinski definition) is 1. The van der Waals surface area contributed by atoms with E-state index in [1.54, 1.807) is 0 Å². The number of halogens is 2. The van der Waals surface area contributed by atoms with Gasteiger partial charge in [-0.15, -0.1) is 0 Å². The Hall–Kier alpha value is -1.33. The van der Waals surface area contributed by atoms with Crippen molar-refractivity contribution < 1.29 is 9.59 Å². The van der Waals surface area contributed by atoms with Crippen molar-refractivity contribution in [2.24, 2.45) is 11.7 Å². The van der Waals surface area contributed by atoms with Crippen molar-refractivity contribution in [3.05, 3.63) is 22.4 Å². The highest BCUT2D eigenvalue weighted by Crippen LogP contribution is 2.36. The van der Waals surface area contributed by atoms with Gasteiger partial charge in [0, 0.05) is 25.4 Å². The SMILES string of the molecule is NC(=O)C1CC(=O)N(c2c(Cl)cncc2Cl)C1. The second-order valence-corrected chi connectivity index (χ2v) is 4.57. The predicted octanol–water partition coefficient (Wildman–Crippen LogP) is 1.23. The van der Waals surface area contributed by atoms with Crippen LogP contribution < -0.4 is 10.6 Å². The third-order valence-corrected chi connectivity index (χ3v) is 3.18. The summed E-state index contributed by atoms with van der Waals surface area (Å²) in [6.07, 6.45) is 2.88. The van der Waals surface area contributed by atoms with Crippen LogP contribution in [0, 0.1) is 5.92 Å². The third-order valence-electron chi connectivity index (χ3n) is 2.63. The van der Waals surface area contributed by atoms with Gasteiger partial charge in [-0.25, -0.2) is 0 Å². The molecule has 1 unspecified atom stereocenters. The van der Waals surface area contributed by atoms with Crippen LogP contribution in [0.5, 0.6) is 0 Å². The molecular weight excluding hydrogens is 265 g/mol. The highest BCUT2D eigenvalue weighted by atomic mass is 35.5. The van der Waals surface area contributed by atoms with E-state index in [1.165, 1.54) is 17.3 Å². The zero-order valence-corrected chi connectivity index (χ0v) is 10.2. The molecule has 7 heteroatoms. The van der Waals surface area contributed by atoms with Gasteiger partial charge < -0.3 is 10.6 Å². The van der Waals surface area contributed by atoms with Crippen molar-refractivity contribution in [3.8, 4) is 0 Å². The van der Waals surface area contributed by atoms with E-state index in [9.17, 15) is 9.59 Å². The van der Waals surface area contributed by atoms with Gasteiger partial charge in [0.1, 0.15) is 0 Å². The Kier molecular flexibility index (Phi) is 3.22. The molecule has 1 aliphatic rings. The van der Waals surface area contributed by atoms with Gasteiger partial charge in [0.15, 0.2) is 0 Å². The summed E-state index contributed by atoms with van der Waals surface area (Å²) in [5, 5.41) is 0.548. The largest absolute Gasteiger partial charge is 0.369 e. The minimum Gasteiger partial charge on any atom is -0.369 e. The highest BCUT2D eigenvalue weighted by molar-refractivity contribution is 6.39. The monoisotopic (exact) mass is 273 g/mol. The Labute approximate surface area is 107 Å². The van der Waals surface area contributed by atoms with E-state index in [0.29, 0.717) is 5.69 Å². The molecule has 2 rings (SSSR count). The molecule has 1 aromatic heterocycles. The van der Waals surface area contributed by atoms with Gasteiger partial charge in [0.05, 0.1) is 21.7 Å². The number of primary amides is 1. The Morgan fingerprint density at radius 2 is 2.00 bits per heavy atom. The van der Waals surface area contributed by atoms with Crippen LogP contribution in [0.2, 0.25) is 10.0 Å². The lowest BCUT2D eigenvalue weighted by Gasteiger charge is -2.18. The van der Waals surface area contributed by atoms with Crippen molar-refractivity contribution in [1.82, 2.24) is 4.98 Å². The normalized spacial score (nSPS) is 19.8. The Bertz CT molecular complexity index is 472. The molecule has 0 saturated carbocycles. The van der Waals surface area contributed by atoms with Crippen molar-refractivity contribution >= 4 is 40.7 Å². The Morgan fingerprint density at radius 1 is 1.41 bits per heavy atom. The molecule has 17 heavy (non-hydrogen) atoms. The first kappa shape index (κ1) is 12.1. The fraction of sp³-hybridized carbons (Fsp3) is 0.300. The van der Waals surface area contributed by atoms with Crippen LogP contribution in [-0.4, -0.2) is 23.3 Å². The summed E-state index contributed by atoms with van der Waals surface area (Å²) < 4.78 is 0. The molecule has 0 spiro atoms. The van der Waals surface area contributed by atoms with Gasteiger partial charge in [-0.05, 0) is 0 Å². The zero-order valence-electron chi connectivity index (χ0n) is 8.69. The van der Waals surface area contributed by atoms with Crippen molar-refractivity contribution in [1.29, 1.82) is 0 Å². The van der Waals surface area contributed by atoms with Gasteiger partial charge in [0.2, 0.25) is 11.8 Å². The molecule has 0 aliphatic carbocycles. The third kappa shape index (κ3) is 2.21. The molecule has 1 saturated heterocycles. The molecule has 0 radical (unpaired) electrons. The number of carbonyl (C=O) groups is 2. The molecular formula is C10H9Cl2N3O2. The maximum Gasteiger partial charge on any atom is 0.227 e. The van der Waals surface area contributed by atoms with Crippen molar-refractivity contribution in [3.63, 3.8) is 0 Å². The minimum atomic E-state index is -0.498. The lowest BCUT2D eigenvalue weighted by Crippen LogP contribution is -2.28. The summed E-state index contributed by atoms with van der Waals surface area (Å²) in [6.45, 7) is 0.206. The first-order valence-electron chi connectivity index (χ1n) is 4.89. The lowest BCUT2D eigenvalue weighted by molar-refractivity contribution is -0.123. The van der Waals surface area contributed by atoms with Crippen molar-refractivity contribution in [2.45, 2.75) is 6.42 Å². The highest BCUT2D eigenvalue weighted by Gasteiger charge is 2.35. The van der Waals surface area contributed by atoms with Gasteiger partial charge in [-0.3, -0.25) is 14.6 Å². The zero-order chi connectivity index (χ0) is 12.6. The van der Waals surface area contributed by atoms with E-state index in [0.717, 1.165) is 0 Å². The fourth-order valence-electron chi connectivity index (χ4n) is 1.78. The molecule has 1 atom stereocenters. The number of pyridine rings is 1. The van der Waals surface area contributed by atoms with Gasteiger partial charge in [-0.2, -0.15) is 0 Å². The van der Waals surface area contributed by atoms with Crippen LogP contribution >= 0.6 is 23.2 Å². The molecule has 0 bridgehead atoms. The number of anilines is 1.